The molecule has 2 aliphatic rings. The molecular weight excluding hydrogens is 423 g/mol. The van der Waals surface area contributed by atoms with Crippen LogP contribution in [0.25, 0.3) is 0 Å². The maximum absolute atomic E-state index is 12.1. The fourth-order valence-electron chi connectivity index (χ4n) is 2.69. The number of hydrogen-bond donors (Lipinski definition) is 1. The van der Waals surface area contributed by atoms with Crippen LogP contribution in [0.15, 0.2) is 0 Å². The normalized spacial score (nSPS) is 32.1. The van der Waals surface area contributed by atoms with E-state index >= 15 is 0 Å². The van der Waals surface area contributed by atoms with E-state index in [1.807, 2.05) is 6.92 Å². The molecule has 0 aromatic carbocycles. The Hall–Kier alpha value is -1.17. The van der Waals surface area contributed by atoms with Gasteiger partial charge < -0.3 is 33.5 Å². The second-order valence-electron chi connectivity index (χ2n) is 6.03. The Morgan fingerprint density at radius 2 is 1.71 bits per heavy atom. The number of aliphatic hydroxyl groups excluding tert-OH is 1. The number of ether oxygens (including phenoxy) is 6. The number of hydrogen-bond acceptors (Lipinski definition) is 10. The lowest BCUT2D eigenvalue weighted by molar-refractivity contribution is -0.349. The van der Waals surface area contributed by atoms with E-state index in [2.05, 4.69) is 0 Å². The Labute approximate surface area is 171 Å². The first-order valence-electron chi connectivity index (χ1n) is 8.69. The summed E-state index contributed by atoms with van der Waals surface area (Å²) in [7, 11) is 0. The minimum absolute atomic E-state index is 0.152. The van der Waals surface area contributed by atoms with Crippen molar-refractivity contribution in [3.8, 4) is 0 Å². The highest BCUT2D eigenvalue weighted by molar-refractivity contribution is 6.26. The maximum Gasteiger partial charge on any atom is 0.363 e. The van der Waals surface area contributed by atoms with E-state index < -0.39 is 66.7 Å². The molecular formula is C16H22Cl2O10. The van der Waals surface area contributed by atoms with Crippen molar-refractivity contribution in [1.29, 1.82) is 0 Å². The Balaban J connectivity index is 2.15. The number of fused-ring (bicyclic) bond motifs is 1. The van der Waals surface area contributed by atoms with Crippen LogP contribution in [0.3, 0.4) is 0 Å². The molecule has 2 aliphatic heterocycles. The quantitative estimate of drug-likeness (QED) is 0.238. The fraction of sp³-hybridized carbons (Fsp3) is 0.812. The standard InChI is InChI=1S/C16H22Cl2O10/c1-2-3-4-23-15(22)16-24-7-8-11(28-16)12(26-9(19)5-17)13(14(21)25-8)27-10(20)6-18/h8,11-14,16,21H,2-7H2,1H3. The zero-order valence-electron chi connectivity index (χ0n) is 15.1. The van der Waals surface area contributed by atoms with Crippen molar-refractivity contribution in [2.24, 2.45) is 0 Å². The van der Waals surface area contributed by atoms with Crippen LogP contribution in [0.2, 0.25) is 0 Å². The molecule has 2 saturated heterocycles. The molecule has 0 amide bonds. The van der Waals surface area contributed by atoms with Gasteiger partial charge in [-0.3, -0.25) is 9.59 Å². The number of aliphatic hydroxyl groups is 1. The third-order valence-electron chi connectivity index (χ3n) is 3.99. The molecule has 1 N–H and O–H groups in total. The number of halogens is 2. The first-order chi connectivity index (χ1) is 13.4. The Morgan fingerprint density at radius 1 is 1.07 bits per heavy atom. The number of alkyl halides is 2. The van der Waals surface area contributed by atoms with E-state index in [9.17, 15) is 19.5 Å². The first-order valence-corrected chi connectivity index (χ1v) is 9.76. The summed E-state index contributed by atoms with van der Waals surface area (Å²) in [6.07, 6.45) is -6.24. The minimum atomic E-state index is -1.64. The van der Waals surface area contributed by atoms with Gasteiger partial charge in [0.2, 0.25) is 0 Å². The van der Waals surface area contributed by atoms with Gasteiger partial charge in [-0.2, -0.15) is 0 Å². The summed E-state index contributed by atoms with van der Waals surface area (Å²) in [4.78, 5) is 35.4. The molecule has 12 heteroatoms. The van der Waals surface area contributed by atoms with Crippen LogP contribution in [0.1, 0.15) is 19.8 Å². The van der Waals surface area contributed by atoms with Gasteiger partial charge in [-0.05, 0) is 6.42 Å². The summed E-state index contributed by atoms with van der Waals surface area (Å²) in [6, 6.07) is 0. The third kappa shape index (κ3) is 5.91. The third-order valence-corrected chi connectivity index (χ3v) is 4.43. The van der Waals surface area contributed by atoms with Crippen LogP contribution in [0.4, 0.5) is 0 Å². The minimum Gasteiger partial charge on any atom is -0.462 e. The summed E-state index contributed by atoms with van der Waals surface area (Å²) < 4.78 is 31.5. The van der Waals surface area contributed by atoms with Crippen molar-refractivity contribution in [3.63, 3.8) is 0 Å². The van der Waals surface area contributed by atoms with Gasteiger partial charge in [-0.15, -0.1) is 23.2 Å². The topological polar surface area (TPSA) is 127 Å². The van der Waals surface area contributed by atoms with Crippen molar-refractivity contribution < 1.29 is 47.9 Å². The zero-order valence-corrected chi connectivity index (χ0v) is 16.6. The van der Waals surface area contributed by atoms with Gasteiger partial charge in [0.1, 0.15) is 24.0 Å². The van der Waals surface area contributed by atoms with E-state index in [0.29, 0.717) is 6.42 Å². The number of carbonyl (C=O) groups excluding carboxylic acids is 3. The van der Waals surface area contributed by atoms with Gasteiger partial charge in [0, 0.05) is 0 Å². The second-order valence-corrected chi connectivity index (χ2v) is 6.56. The fourth-order valence-corrected chi connectivity index (χ4v) is 2.82. The van der Waals surface area contributed by atoms with Gasteiger partial charge in [0.25, 0.3) is 6.29 Å². The number of esters is 3. The van der Waals surface area contributed by atoms with Crippen molar-refractivity contribution >= 4 is 41.1 Å². The molecule has 0 saturated carbocycles. The van der Waals surface area contributed by atoms with Gasteiger partial charge in [-0.1, -0.05) is 13.3 Å². The molecule has 0 radical (unpaired) electrons. The van der Waals surface area contributed by atoms with Crippen LogP contribution in [0.5, 0.6) is 0 Å². The van der Waals surface area contributed by atoms with Gasteiger partial charge in [-0.25, -0.2) is 4.79 Å². The van der Waals surface area contributed by atoms with Crippen molar-refractivity contribution in [1.82, 2.24) is 0 Å². The Bertz CT molecular complexity index is 560. The zero-order chi connectivity index (χ0) is 20.7. The summed E-state index contributed by atoms with van der Waals surface area (Å²) in [5.41, 5.74) is 0. The first kappa shape index (κ1) is 23.1. The number of carbonyl (C=O) groups is 3. The molecule has 6 atom stereocenters. The van der Waals surface area contributed by atoms with Gasteiger partial charge in [0.05, 0.1) is 13.2 Å². The average Bonchev–Trinajstić information content (AvgIpc) is 2.69. The van der Waals surface area contributed by atoms with Crippen molar-refractivity contribution in [3.05, 3.63) is 0 Å². The molecule has 6 unspecified atom stereocenters. The van der Waals surface area contributed by atoms with Gasteiger partial charge >= 0.3 is 17.9 Å². The highest BCUT2D eigenvalue weighted by atomic mass is 35.5. The molecule has 2 heterocycles. The molecule has 2 fully saturated rings. The van der Waals surface area contributed by atoms with E-state index in [4.69, 9.17) is 51.6 Å². The molecule has 160 valence electrons. The van der Waals surface area contributed by atoms with Crippen LogP contribution in [-0.2, 0) is 42.8 Å². The van der Waals surface area contributed by atoms with E-state index in [0.717, 1.165) is 6.42 Å². The summed E-state index contributed by atoms with van der Waals surface area (Å²) in [5, 5.41) is 10.2. The molecule has 0 aromatic rings. The summed E-state index contributed by atoms with van der Waals surface area (Å²) in [5.74, 6) is -3.45. The highest BCUT2D eigenvalue weighted by Crippen LogP contribution is 2.31. The van der Waals surface area contributed by atoms with E-state index in [-0.39, 0.29) is 13.2 Å². The lowest BCUT2D eigenvalue weighted by atomic mass is 9.97. The van der Waals surface area contributed by atoms with Crippen LogP contribution in [0, 0.1) is 0 Å². The highest BCUT2D eigenvalue weighted by Gasteiger charge is 2.54. The molecule has 0 aliphatic carbocycles. The molecule has 10 nitrogen and oxygen atoms in total. The Kier molecular flexibility index (Phi) is 9.19. The molecule has 2 rings (SSSR count). The Morgan fingerprint density at radius 3 is 2.32 bits per heavy atom. The molecule has 0 bridgehead atoms. The SMILES string of the molecule is CCCCOC(=O)C1OCC2OC(O)C(OC(=O)CCl)C(OC(=O)CCl)C2O1. The second kappa shape index (κ2) is 11.1. The maximum atomic E-state index is 12.1. The molecule has 28 heavy (non-hydrogen) atoms. The molecule has 0 aromatic heterocycles. The van der Waals surface area contributed by atoms with Crippen LogP contribution in [-0.4, -0.2) is 85.0 Å². The number of rotatable bonds is 8. The predicted octanol–water partition coefficient (Wildman–Crippen LogP) is 0.0896. The summed E-state index contributed by atoms with van der Waals surface area (Å²) >= 11 is 10.9. The van der Waals surface area contributed by atoms with Crippen molar-refractivity contribution in [2.45, 2.75) is 56.8 Å². The lowest BCUT2D eigenvalue weighted by Crippen LogP contribution is -2.65. The largest absolute Gasteiger partial charge is 0.462 e. The van der Waals surface area contributed by atoms with E-state index in [1.54, 1.807) is 0 Å². The van der Waals surface area contributed by atoms with Crippen LogP contribution < -0.4 is 0 Å². The predicted molar refractivity (Wildman–Crippen MR) is 92.6 cm³/mol. The lowest BCUT2D eigenvalue weighted by Gasteiger charge is -2.46. The number of unbranched alkanes of at least 4 members (excludes halogenated alkanes) is 1. The average molecular weight is 445 g/mol. The summed E-state index contributed by atoms with van der Waals surface area (Å²) in [6.45, 7) is 1.98. The van der Waals surface area contributed by atoms with Gasteiger partial charge in [0.15, 0.2) is 18.5 Å². The van der Waals surface area contributed by atoms with Crippen molar-refractivity contribution in [2.75, 3.05) is 25.0 Å². The smallest absolute Gasteiger partial charge is 0.363 e. The monoisotopic (exact) mass is 444 g/mol. The van der Waals surface area contributed by atoms with E-state index in [1.165, 1.54) is 0 Å². The molecule has 0 spiro atoms. The van der Waals surface area contributed by atoms with Crippen LogP contribution >= 0.6 is 23.2 Å².